The number of aryl methyl sites for hydroxylation is 2. The fraction of sp³-hybridized carbons (Fsp3) is 0.455. The Morgan fingerprint density at radius 3 is 3.03 bits per heavy atom. The molecule has 1 aliphatic heterocycles. The third-order valence-electron chi connectivity index (χ3n) is 5.70. The van der Waals surface area contributed by atoms with Gasteiger partial charge in [0, 0.05) is 30.6 Å². The molecule has 6 nitrogen and oxygen atoms in total. The third-order valence-corrected chi connectivity index (χ3v) is 5.70. The molecule has 2 aromatic heterocycles. The van der Waals surface area contributed by atoms with Crippen molar-refractivity contribution in [3.63, 3.8) is 0 Å². The third kappa shape index (κ3) is 4.49. The highest BCUT2D eigenvalue weighted by atomic mass is 35.5. The number of benzene rings is 1. The molecule has 1 aliphatic rings. The summed E-state index contributed by atoms with van der Waals surface area (Å²) in [6.45, 7) is 6.23. The molecule has 1 fully saturated rings. The SMILES string of the molecule is COc1cncnc1N1CCNC(C)C1CCCc1coc2ccc(C)cc12.Cl. The number of anilines is 1. The normalized spacial score (nSPS) is 19.2. The number of hydrogen-bond donors (Lipinski definition) is 1. The molecule has 0 radical (unpaired) electrons. The van der Waals surface area contributed by atoms with Crippen molar-refractivity contribution >= 4 is 29.2 Å². The van der Waals surface area contributed by atoms with Crippen LogP contribution in [0.4, 0.5) is 5.82 Å². The minimum Gasteiger partial charge on any atom is -0.491 e. The van der Waals surface area contributed by atoms with Crippen LogP contribution in [0.1, 0.15) is 30.9 Å². The van der Waals surface area contributed by atoms with Gasteiger partial charge in [-0.3, -0.25) is 0 Å². The Morgan fingerprint density at radius 1 is 1.34 bits per heavy atom. The molecular formula is C22H29ClN4O2. The number of piperazine rings is 1. The Hall–Kier alpha value is -2.31. The number of fused-ring (bicyclic) bond motifs is 1. The second-order valence-electron chi connectivity index (χ2n) is 7.57. The van der Waals surface area contributed by atoms with E-state index in [2.05, 4.69) is 52.2 Å². The number of aromatic nitrogens is 2. The highest BCUT2D eigenvalue weighted by Crippen LogP contribution is 2.30. The van der Waals surface area contributed by atoms with E-state index in [1.807, 2.05) is 6.26 Å². The average molecular weight is 417 g/mol. The van der Waals surface area contributed by atoms with Crippen LogP contribution in [0.5, 0.6) is 5.75 Å². The van der Waals surface area contributed by atoms with Gasteiger partial charge in [-0.15, -0.1) is 12.4 Å². The smallest absolute Gasteiger partial charge is 0.179 e. The summed E-state index contributed by atoms with van der Waals surface area (Å²) in [7, 11) is 1.68. The highest BCUT2D eigenvalue weighted by molar-refractivity contribution is 5.85. The van der Waals surface area contributed by atoms with Crippen molar-refractivity contribution < 1.29 is 9.15 Å². The molecule has 2 unspecified atom stereocenters. The van der Waals surface area contributed by atoms with Crippen molar-refractivity contribution in [1.82, 2.24) is 15.3 Å². The van der Waals surface area contributed by atoms with Crippen LogP contribution in [0, 0.1) is 6.92 Å². The second-order valence-corrected chi connectivity index (χ2v) is 7.57. The van der Waals surface area contributed by atoms with Crippen LogP contribution in [-0.4, -0.2) is 42.3 Å². The minimum absolute atomic E-state index is 0. The molecule has 3 aromatic rings. The first kappa shape index (κ1) is 21.4. The Bertz CT molecular complexity index is 945. The zero-order valence-corrected chi connectivity index (χ0v) is 18.0. The van der Waals surface area contributed by atoms with Crippen molar-refractivity contribution in [2.24, 2.45) is 0 Å². The van der Waals surface area contributed by atoms with Gasteiger partial charge in [0.2, 0.25) is 0 Å². The van der Waals surface area contributed by atoms with E-state index in [-0.39, 0.29) is 12.4 Å². The first-order valence-corrected chi connectivity index (χ1v) is 9.98. The maximum atomic E-state index is 5.73. The molecule has 1 saturated heterocycles. The van der Waals surface area contributed by atoms with Gasteiger partial charge in [0.05, 0.1) is 19.6 Å². The number of furan rings is 1. The van der Waals surface area contributed by atoms with Crippen molar-refractivity contribution in [2.75, 3.05) is 25.1 Å². The Labute approximate surface area is 178 Å². The molecule has 1 aromatic carbocycles. The number of ether oxygens (including phenoxy) is 1. The van der Waals surface area contributed by atoms with E-state index in [0.29, 0.717) is 12.1 Å². The van der Waals surface area contributed by atoms with Gasteiger partial charge in [0.1, 0.15) is 11.9 Å². The summed E-state index contributed by atoms with van der Waals surface area (Å²) in [5.74, 6) is 1.62. The van der Waals surface area contributed by atoms with Gasteiger partial charge in [-0.05, 0) is 50.8 Å². The lowest BCUT2D eigenvalue weighted by Gasteiger charge is -2.41. The zero-order chi connectivity index (χ0) is 19.5. The van der Waals surface area contributed by atoms with E-state index in [9.17, 15) is 0 Å². The lowest BCUT2D eigenvalue weighted by Crippen LogP contribution is -2.57. The van der Waals surface area contributed by atoms with E-state index in [0.717, 1.165) is 49.5 Å². The Morgan fingerprint density at radius 2 is 2.21 bits per heavy atom. The van der Waals surface area contributed by atoms with Crippen LogP contribution in [0.15, 0.2) is 41.4 Å². The zero-order valence-electron chi connectivity index (χ0n) is 17.2. The maximum Gasteiger partial charge on any atom is 0.179 e. The molecule has 7 heteroatoms. The lowest BCUT2D eigenvalue weighted by molar-refractivity contribution is 0.352. The molecular weight excluding hydrogens is 388 g/mol. The van der Waals surface area contributed by atoms with Crippen LogP contribution in [0.25, 0.3) is 11.0 Å². The summed E-state index contributed by atoms with van der Waals surface area (Å²) in [4.78, 5) is 11.0. The summed E-state index contributed by atoms with van der Waals surface area (Å²) in [6.07, 6.45) is 8.42. The topological polar surface area (TPSA) is 63.4 Å². The van der Waals surface area contributed by atoms with Crippen molar-refractivity contribution in [2.45, 2.75) is 45.2 Å². The number of rotatable bonds is 6. The number of methoxy groups -OCH3 is 1. The van der Waals surface area contributed by atoms with Crippen LogP contribution in [-0.2, 0) is 6.42 Å². The molecule has 156 valence electrons. The van der Waals surface area contributed by atoms with Crippen LogP contribution < -0.4 is 15.0 Å². The van der Waals surface area contributed by atoms with Crippen molar-refractivity contribution in [1.29, 1.82) is 0 Å². The quantitative estimate of drug-likeness (QED) is 0.651. The monoisotopic (exact) mass is 416 g/mol. The number of halogens is 1. The van der Waals surface area contributed by atoms with Gasteiger partial charge < -0.3 is 19.4 Å². The van der Waals surface area contributed by atoms with Gasteiger partial charge in [-0.2, -0.15) is 0 Å². The largest absolute Gasteiger partial charge is 0.491 e. The predicted molar refractivity (Wildman–Crippen MR) is 118 cm³/mol. The molecule has 0 spiro atoms. The van der Waals surface area contributed by atoms with Crippen molar-refractivity contribution in [3.8, 4) is 5.75 Å². The van der Waals surface area contributed by atoms with E-state index in [1.165, 1.54) is 16.5 Å². The number of hydrogen-bond acceptors (Lipinski definition) is 6. The summed E-state index contributed by atoms with van der Waals surface area (Å²) < 4.78 is 11.2. The van der Waals surface area contributed by atoms with Crippen molar-refractivity contribution in [3.05, 3.63) is 48.1 Å². The molecule has 2 atom stereocenters. The van der Waals surface area contributed by atoms with Gasteiger partial charge in [0.25, 0.3) is 0 Å². The molecule has 0 bridgehead atoms. The summed E-state index contributed by atoms with van der Waals surface area (Å²) >= 11 is 0. The van der Waals surface area contributed by atoms with Gasteiger partial charge >= 0.3 is 0 Å². The fourth-order valence-corrected chi connectivity index (χ4v) is 4.21. The maximum absolute atomic E-state index is 5.73. The van der Waals surface area contributed by atoms with Gasteiger partial charge in [0.15, 0.2) is 11.6 Å². The molecule has 29 heavy (non-hydrogen) atoms. The van der Waals surface area contributed by atoms with Gasteiger partial charge in [-0.25, -0.2) is 9.97 Å². The van der Waals surface area contributed by atoms with Gasteiger partial charge in [-0.1, -0.05) is 11.6 Å². The summed E-state index contributed by atoms with van der Waals surface area (Å²) in [5, 5.41) is 4.85. The van der Waals surface area contributed by atoms with Crippen LogP contribution >= 0.6 is 12.4 Å². The summed E-state index contributed by atoms with van der Waals surface area (Å²) in [5.41, 5.74) is 3.53. The van der Waals surface area contributed by atoms with Crippen LogP contribution in [0.3, 0.4) is 0 Å². The lowest BCUT2D eigenvalue weighted by atomic mass is 9.96. The molecule has 3 heterocycles. The predicted octanol–water partition coefficient (Wildman–Crippen LogP) is 4.15. The van der Waals surface area contributed by atoms with E-state index >= 15 is 0 Å². The minimum atomic E-state index is 0. The second kappa shape index (κ2) is 9.46. The average Bonchev–Trinajstić information content (AvgIpc) is 3.11. The Kier molecular flexibility index (Phi) is 6.98. The summed E-state index contributed by atoms with van der Waals surface area (Å²) in [6, 6.07) is 7.12. The molecule has 0 amide bonds. The fourth-order valence-electron chi connectivity index (χ4n) is 4.21. The number of nitrogens with one attached hydrogen (secondary N) is 1. The molecule has 0 saturated carbocycles. The van der Waals surface area contributed by atoms with E-state index in [1.54, 1.807) is 19.6 Å². The molecule has 4 rings (SSSR count). The van der Waals surface area contributed by atoms with Crippen LogP contribution in [0.2, 0.25) is 0 Å². The number of nitrogens with zero attached hydrogens (tertiary/aromatic N) is 3. The molecule has 0 aliphatic carbocycles. The molecule has 1 N–H and O–H groups in total. The first-order valence-electron chi connectivity index (χ1n) is 9.98. The van der Waals surface area contributed by atoms with E-state index in [4.69, 9.17) is 9.15 Å². The Balaban J connectivity index is 0.00000240. The van der Waals surface area contributed by atoms with E-state index < -0.39 is 0 Å². The highest BCUT2D eigenvalue weighted by Gasteiger charge is 2.30. The standard InChI is InChI=1S/C22H28N4O2.ClH/c1-15-7-8-20-18(11-15)17(13-28-20)5-4-6-19-16(2)24-9-10-26(19)22-21(27-3)12-23-14-25-22;/h7-8,11-14,16,19,24H,4-6,9-10H2,1-3H3;1H. The first-order chi connectivity index (χ1) is 13.7.